The highest BCUT2D eigenvalue weighted by Gasteiger charge is 2.57. The number of nitrogen functional groups attached to an aromatic ring is 1. The number of amides is 1. The van der Waals surface area contributed by atoms with Gasteiger partial charge in [0.05, 0.1) is 47.2 Å². The second-order valence-corrected chi connectivity index (χ2v) is 26.3. The van der Waals surface area contributed by atoms with E-state index in [0.717, 1.165) is 42.4 Å². The van der Waals surface area contributed by atoms with E-state index in [4.69, 9.17) is 49.4 Å². The van der Waals surface area contributed by atoms with Gasteiger partial charge >= 0.3 is 12.1 Å². The number of aliphatic hydroxyl groups excluding tert-OH is 2. The van der Waals surface area contributed by atoms with Crippen molar-refractivity contribution in [3.63, 3.8) is 0 Å². The van der Waals surface area contributed by atoms with Crippen LogP contribution in [-0.2, 0) is 53.9 Å². The Labute approximate surface area is 508 Å². The molecule has 0 radical (unpaired) electrons. The van der Waals surface area contributed by atoms with Crippen molar-refractivity contribution in [3.05, 3.63) is 54.1 Å². The van der Waals surface area contributed by atoms with Crippen molar-refractivity contribution in [1.29, 1.82) is 0 Å². The van der Waals surface area contributed by atoms with Crippen LogP contribution in [-0.4, -0.2) is 169 Å². The quantitative estimate of drug-likeness (QED) is 0.0471. The molecule has 2 aromatic heterocycles. The largest absolute Gasteiger partial charge is 0.447 e. The van der Waals surface area contributed by atoms with Gasteiger partial charge < -0.3 is 64.5 Å². The van der Waals surface area contributed by atoms with E-state index in [1.165, 1.54) is 25.3 Å². The zero-order chi connectivity index (χ0) is 61.6. The third-order valence-corrected chi connectivity index (χ3v) is 21.0. The number of anilines is 1. The molecule has 84 heavy (non-hydrogen) atoms. The molecule has 3 aliphatic heterocycles. The monoisotopic (exact) mass is 1290 g/mol. The van der Waals surface area contributed by atoms with Crippen LogP contribution < -0.4 is 11.5 Å². The van der Waals surface area contributed by atoms with Gasteiger partial charge in [0, 0.05) is 94.6 Å². The first-order chi connectivity index (χ1) is 39.7. The lowest BCUT2D eigenvalue weighted by Gasteiger charge is -2.52. The van der Waals surface area contributed by atoms with E-state index in [0.29, 0.717) is 37.4 Å². The Hall–Kier alpha value is -4.05. The smallest absolute Gasteiger partial charge is 0.405 e. The lowest BCUT2D eigenvalue weighted by Crippen LogP contribution is -2.62. The summed E-state index contributed by atoms with van der Waals surface area (Å²) < 4.78 is 67.0. The maximum Gasteiger partial charge on any atom is 0.405 e. The number of likely N-dealkylation sites (N-methyl/N-ethyl adjacent to an activating group) is 1. The normalized spacial score (nSPS) is 36.5. The standard InChI is InChI=1S/C61H94FIN8O13/c1-33-27-60(8,79-13)53(82-55-50(73)45(26-34(2)80-55)70(10)25-24-43-32-71(69-68-43)46(29-62)51(77-11)41-22-20-40(21-23-41)42-30-66-57(64)67-31-42)36(4)48(47-28-59(7,78-12)52(74)38(6)81-47)37(5)54(75)83-56(63)61(9,84-58(65)76)44(35(3)49(33)72)19-15-18-39-16-14-17-39/h20-23,30-39,44-48,50-53,55-56,73-74H,14-19,24-29H2,1-13H3,(H2,65,76)(H2,64,66,67)/t33-,34-,35-,36+,37-,38+,44-,45+,46-,47-,48?,50-,51-,52+,53-,55+,56+,59-,60-,61+/m1/s1. The molecule has 5 heterocycles. The molecule has 21 nitrogen and oxygen atoms in total. The predicted octanol–water partition coefficient (Wildman–Crippen LogP) is 8.17. The van der Waals surface area contributed by atoms with Crippen molar-refractivity contribution >= 4 is 46.4 Å². The van der Waals surface area contributed by atoms with Gasteiger partial charge in [-0.25, -0.2) is 23.8 Å². The van der Waals surface area contributed by atoms with Crippen molar-refractivity contribution < 1.29 is 66.9 Å². The fourth-order valence-electron chi connectivity index (χ4n) is 14.0. The number of ether oxygens (including phenoxy) is 8. The van der Waals surface area contributed by atoms with Gasteiger partial charge in [-0.1, -0.05) is 89.3 Å². The van der Waals surface area contributed by atoms with Crippen LogP contribution in [0.1, 0.15) is 144 Å². The van der Waals surface area contributed by atoms with Crippen LogP contribution in [0.25, 0.3) is 11.1 Å². The SMILES string of the molecule is CO[C@H](c1ccc(-c2cnc(N)nc2)cc1)[C@@H](CF)n1cc(CCN(C)[C@H]2C[C@@H](C)O[C@@H](O[C@@H]3[C@@H](C)C([C@H]4C[C@@](C)(OC)[C@@H](O)[C@H](C)O4)[C@@H](C)C(=O)O[C@H](I)[C@@](C)(OC(N)=O)[C@H](CCCC4CCC4)[C@@H](C)C(=O)[C@H](C)C[C@@]3(C)OC)[C@@H]2O)nn1. The molecule has 20 atom stereocenters. The first kappa shape index (κ1) is 67.5. The molecule has 1 amide bonds. The number of rotatable bonds is 20. The summed E-state index contributed by atoms with van der Waals surface area (Å²) in [4.78, 5) is 53.4. The molecule has 7 rings (SSSR count). The average Bonchev–Trinajstić information content (AvgIpc) is 1.40. The van der Waals surface area contributed by atoms with E-state index in [2.05, 4.69) is 20.3 Å². The summed E-state index contributed by atoms with van der Waals surface area (Å²) in [6, 6.07) is 6.19. The number of halogens is 2. The molecule has 23 heteroatoms. The summed E-state index contributed by atoms with van der Waals surface area (Å²) in [6.07, 6.45) is 3.76. The summed E-state index contributed by atoms with van der Waals surface area (Å²) in [5.41, 5.74) is 10.6. The molecule has 0 spiro atoms. The number of ketones is 1. The number of carbonyl (C=O) groups excluding carboxylic acids is 3. The van der Waals surface area contributed by atoms with Crippen LogP contribution in [0.15, 0.2) is 42.9 Å². The van der Waals surface area contributed by atoms with Crippen LogP contribution in [0, 0.1) is 41.4 Å². The Balaban J connectivity index is 1.17. The van der Waals surface area contributed by atoms with Crippen LogP contribution in [0.3, 0.4) is 0 Å². The Morgan fingerprint density at radius 3 is 2.20 bits per heavy atom. The summed E-state index contributed by atoms with van der Waals surface area (Å²) in [5.74, 6) is -4.30. The summed E-state index contributed by atoms with van der Waals surface area (Å²) in [6.45, 7) is 16.1. The van der Waals surface area contributed by atoms with Crippen molar-refractivity contribution in [3.8, 4) is 11.1 Å². The number of hydrogen-bond donors (Lipinski definition) is 4. The Bertz CT molecular complexity index is 2630. The number of alkyl halides is 2. The molecule has 0 bridgehead atoms. The number of Topliss-reactive ketones (excluding diaryl/α,β-unsaturated/α-hetero) is 1. The second kappa shape index (κ2) is 28.8. The number of esters is 1. The van der Waals surface area contributed by atoms with Crippen molar-refractivity contribution in [2.45, 2.75) is 209 Å². The molecule has 3 aromatic rings. The lowest BCUT2D eigenvalue weighted by molar-refractivity contribution is -0.305. The highest BCUT2D eigenvalue weighted by Crippen LogP contribution is 2.48. The minimum atomic E-state index is -1.52. The van der Waals surface area contributed by atoms with Gasteiger partial charge in [0.25, 0.3) is 0 Å². The first-order valence-electron chi connectivity index (χ1n) is 29.9. The Morgan fingerprint density at radius 1 is 0.940 bits per heavy atom. The van der Waals surface area contributed by atoms with Gasteiger partial charge in [-0.2, -0.15) is 0 Å². The maximum atomic E-state index is 15.2. The van der Waals surface area contributed by atoms with E-state index < -0.39 is 136 Å². The van der Waals surface area contributed by atoms with Gasteiger partial charge in [-0.05, 0) is 106 Å². The number of benzene rings is 1. The number of aromatic nitrogens is 5. The molecule has 4 aliphatic rings. The summed E-state index contributed by atoms with van der Waals surface area (Å²) in [5, 5.41) is 32.8. The van der Waals surface area contributed by atoms with E-state index in [1.54, 1.807) is 46.5 Å². The van der Waals surface area contributed by atoms with Crippen LogP contribution >= 0.6 is 22.6 Å². The van der Waals surface area contributed by atoms with Gasteiger partial charge in [0.1, 0.15) is 36.8 Å². The summed E-state index contributed by atoms with van der Waals surface area (Å²) in [7, 11) is 6.53. The lowest BCUT2D eigenvalue weighted by atomic mass is 9.67. The van der Waals surface area contributed by atoms with Gasteiger partial charge in [-0.15, -0.1) is 5.10 Å². The zero-order valence-corrected chi connectivity index (χ0v) is 53.6. The van der Waals surface area contributed by atoms with Crippen LogP contribution in [0.2, 0.25) is 0 Å². The minimum absolute atomic E-state index is 0.108. The fraction of sp³-hybridized carbons (Fsp3) is 0.754. The van der Waals surface area contributed by atoms with Gasteiger partial charge in [0.2, 0.25) is 5.95 Å². The predicted molar refractivity (Wildman–Crippen MR) is 320 cm³/mol. The molecule has 1 unspecified atom stereocenters. The van der Waals surface area contributed by atoms with Crippen molar-refractivity contribution in [2.75, 3.05) is 47.3 Å². The van der Waals surface area contributed by atoms with E-state index >= 15 is 14.0 Å². The molecular weight excluding hydrogens is 1200 g/mol. The van der Waals surface area contributed by atoms with Crippen LogP contribution in [0.4, 0.5) is 15.1 Å². The number of hydrogen-bond acceptors (Lipinski definition) is 19. The molecular formula is C61H94FIN8O13. The van der Waals surface area contributed by atoms with Gasteiger partial charge in [0.15, 0.2) is 16.0 Å². The molecule has 470 valence electrons. The molecule has 1 aromatic carbocycles. The molecule has 4 fully saturated rings. The minimum Gasteiger partial charge on any atom is -0.447 e. The third-order valence-electron chi connectivity index (χ3n) is 19.5. The first-order valence-corrected chi connectivity index (χ1v) is 31.1. The molecule has 6 N–H and O–H groups in total. The molecule has 1 aliphatic carbocycles. The highest BCUT2D eigenvalue weighted by molar-refractivity contribution is 14.1. The summed E-state index contributed by atoms with van der Waals surface area (Å²) >= 11 is 2.00. The highest BCUT2D eigenvalue weighted by atomic mass is 127. The molecule has 3 saturated heterocycles. The van der Waals surface area contributed by atoms with E-state index in [9.17, 15) is 15.0 Å². The average molecular weight is 1290 g/mol. The van der Waals surface area contributed by atoms with Gasteiger partial charge in [-0.3, -0.25) is 9.59 Å². The third kappa shape index (κ3) is 15.1. The Kier molecular flexibility index (Phi) is 23.2. The molecule has 1 saturated carbocycles. The number of nitrogens with two attached hydrogens (primary N) is 2. The van der Waals surface area contributed by atoms with E-state index in [1.807, 2.05) is 100 Å². The van der Waals surface area contributed by atoms with Crippen molar-refractivity contribution in [2.24, 2.45) is 47.2 Å². The van der Waals surface area contributed by atoms with Crippen LogP contribution in [0.5, 0.6) is 0 Å². The maximum absolute atomic E-state index is 15.2. The number of nitrogens with zero attached hydrogens (tertiary/aromatic N) is 6. The topological polar surface area (TPSA) is 277 Å². The number of methoxy groups -OCH3 is 3. The Morgan fingerprint density at radius 2 is 1.61 bits per heavy atom. The van der Waals surface area contributed by atoms with Crippen molar-refractivity contribution in [1.82, 2.24) is 29.9 Å². The second-order valence-electron chi connectivity index (χ2n) is 25.2. The number of aliphatic hydroxyl groups is 2. The van der Waals surface area contributed by atoms with E-state index in [-0.39, 0.29) is 24.6 Å². The number of carbonyl (C=O) groups is 3. The zero-order valence-electron chi connectivity index (χ0n) is 51.4. The number of primary amides is 1. The fourth-order valence-corrected chi connectivity index (χ4v) is 14.9. The number of cyclic esters (lactones) is 1.